The molecule has 1 aromatic heterocycles. The first-order chi connectivity index (χ1) is 15.7. The Labute approximate surface area is 193 Å². The van der Waals surface area contributed by atoms with Crippen molar-refractivity contribution in [2.24, 2.45) is 0 Å². The number of aromatic nitrogens is 3. The van der Waals surface area contributed by atoms with Gasteiger partial charge < -0.3 is 10.1 Å². The predicted octanol–water partition coefficient (Wildman–Crippen LogP) is 5.41. The van der Waals surface area contributed by atoms with Gasteiger partial charge in [0, 0.05) is 12.2 Å². The van der Waals surface area contributed by atoms with Gasteiger partial charge in [0.2, 0.25) is 5.91 Å². The van der Waals surface area contributed by atoms with Gasteiger partial charge in [-0.2, -0.15) is 13.2 Å². The molecule has 1 heterocycles. The van der Waals surface area contributed by atoms with Crippen molar-refractivity contribution in [2.45, 2.75) is 38.3 Å². The van der Waals surface area contributed by atoms with Crippen LogP contribution in [0.4, 0.5) is 18.9 Å². The third-order valence-electron chi connectivity index (χ3n) is 4.67. The first-order valence-corrected chi connectivity index (χ1v) is 11.0. The van der Waals surface area contributed by atoms with Crippen LogP contribution in [0.15, 0.2) is 60.3 Å². The summed E-state index contributed by atoms with van der Waals surface area (Å²) in [5, 5.41) is 11.3. The SMILES string of the molecule is C=CCn1c(COc2c(C)cccc2C)nnc1SCC(=O)Nc1cccc(C(F)(F)F)c1. The first kappa shape index (κ1) is 24.4. The number of nitrogens with one attached hydrogen (secondary N) is 1. The lowest BCUT2D eigenvalue weighted by Gasteiger charge is -2.13. The highest BCUT2D eigenvalue weighted by Gasteiger charge is 2.30. The van der Waals surface area contributed by atoms with Crippen molar-refractivity contribution < 1.29 is 22.7 Å². The van der Waals surface area contributed by atoms with E-state index in [2.05, 4.69) is 22.1 Å². The largest absolute Gasteiger partial charge is 0.485 e. The lowest BCUT2D eigenvalue weighted by molar-refractivity contribution is -0.137. The third kappa shape index (κ3) is 6.38. The molecule has 3 aromatic rings. The van der Waals surface area contributed by atoms with E-state index in [4.69, 9.17) is 4.74 Å². The molecular weight excluding hydrogens is 453 g/mol. The van der Waals surface area contributed by atoms with Crippen LogP contribution < -0.4 is 10.1 Å². The number of rotatable bonds is 9. The van der Waals surface area contributed by atoms with Gasteiger partial charge in [0.05, 0.1) is 11.3 Å². The third-order valence-corrected chi connectivity index (χ3v) is 5.63. The van der Waals surface area contributed by atoms with Gasteiger partial charge in [-0.15, -0.1) is 16.8 Å². The van der Waals surface area contributed by atoms with Crippen molar-refractivity contribution in [3.05, 3.63) is 77.6 Å². The molecule has 0 atom stereocenters. The number of nitrogens with zero attached hydrogens (tertiary/aromatic N) is 3. The predicted molar refractivity (Wildman–Crippen MR) is 121 cm³/mol. The Hall–Kier alpha value is -3.27. The number of aryl methyl sites for hydroxylation is 2. The fourth-order valence-electron chi connectivity index (χ4n) is 3.11. The zero-order chi connectivity index (χ0) is 24.0. The van der Waals surface area contributed by atoms with E-state index in [1.54, 1.807) is 10.6 Å². The summed E-state index contributed by atoms with van der Waals surface area (Å²) < 4.78 is 46.3. The van der Waals surface area contributed by atoms with Crippen molar-refractivity contribution in [3.8, 4) is 5.75 Å². The number of ether oxygens (including phenoxy) is 1. The highest BCUT2D eigenvalue weighted by molar-refractivity contribution is 7.99. The summed E-state index contributed by atoms with van der Waals surface area (Å²) in [4.78, 5) is 12.3. The van der Waals surface area contributed by atoms with Crippen molar-refractivity contribution in [2.75, 3.05) is 11.1 Å². The van der Waals surface area contributed by atoms with Crippen LogP contribution in [0, 0.1) is 13.8 Å². The number of hydrogen-bond acceptors (Lipinski definition) is 5. The number of alkyl halides is 3. The van der Waals surface area contributed by atoms with E-state index in [-0.39, 0.29) is 18.0 Å². The van der Waals surface area contributed by atoms with Gasteiger partial charge in [0.15, 0.2) is 11.0 Å². The molecule has 0 aliphatic heterocycles. The van der Waals surface area contributed by atoms with Crippen LogP contribution in [0.5, 0.6) is 5.75 Å². The van der Waals surface area contributed by atoms with Crippen LogP contribution in [-0.4, -0.2) is 26.4 Å². The van der Waals surface area contributed by atoms with Crippen LogP contribution in [-0.2, 0) is 24.1 Å². The van der Waals surface area contributed by atoms with Gasteiger partial charge in [-0.3, -0.25) is 9.36 Å². The van der Waals surface area contributed by atoms with E-state index in [1.807, 2.05) is 32.0 Å². The number of para-hydroxylation sites is 1. The number of benzene rings is 2. The van der Waals surface area contributed by atoms with E-state index in [1.165, 1.54) is 12.1 Å². The molecule has 6 nitrogen and oxygen atoms in total. The highest BCUT2D eigenvalue weighted by Crippen LogP contribution is 2.31. The fraction of sp³-hybridized carbons (Fsp3) is 0.261. The smallest absolute Gasteiger partial charge is 0.416 e. The lowest BCUT2D eigenvalue weighted by Crippen LogP contribution is -2.16. The molecule has 0 saturated carbocycles. The Morgan fingerprint density at radius 2 is 1.88 bits per heavy atom. The van der Waals surface area contributed by atoms with Crippen molar-refractivity contribution in [1.82, 2.24) is 14.8 Å². The summed E-state index contributed by atoms with van der Waals surface area (Å²) in [6, 6.07) is 10.4. The summed E-state index contributed by atoms with van der Waals surface area (Å²) in [7, 11) is 0. The second kappa shape index (κ2) is 10.6. The average Bonchev–Trinajstić information content (AvgIpc) is 3.13. The molecule has 3 rings (SSSR count). The molecule has 0 unspecified atom stereocenters. The second-order valence-electron chi connectivity index (χ2n) is 7.22. The first-order valence-electron chi connectivity index (χ1n) is 10.0. The minimum absolute atomic E-state index is 0.0523. The standard InChI is InChI=1S/C23H23F3N4O2S/c1-4-11-30-19(13-32-21-15(2)7-5-8-16(21)3)28-29-22(30)33-14-20(31)27-18-10-6-9-17(12-18)23(24,25)26/h4-10,12H,1,11,13-14H2,2-3H3,(H,27,31). The van der Waals surface area contributed by atoms with Gasteiger partial charge in [-0.1, -0.05) is 42.1 Å². The number of anilines is 1. The van der Waals surface area contributed by atoms with Gasteiger partial charge >= 0.3 is 6.18 Å². The zero-order valence-electron chi connectivity index (χ0n) is 18.1. The molecule has 0 spiro atoms. The van der Waals surface area contributed by atoms with Crippen LogP contribution in [0.3, 0.4) is 0 Å². The number of allylic oxidation sites excluding steroid dienone is 1. The summed E-state index contributed by atoms with van der Waals surface area (Å²) in [6.45, 7) is 8.26. The van der Waals surface area contributed by atoms with E-state index in [0.717, 1.165) is 40.8 Å². The maximum Gasteiger partial charge on any atom is 0.416 e. The normalized spacial score (nSPS) is 11.3. The van der Waals surface area contributed by atoms with Crippen LogP contribution in [0.1, 0.15) is 22.5 Å². The maximum atomic E-state index is 12.9. The number of carbonyl (C=O) groups excluding carboxylic acids is 1. The van der Waals surface area contributed by atoms with Gasteiger partial charge in [-0.05, 0) is 43.2 Å². The Morgan fingerprint density at radius 1 is 1.18 bits per heavy atom. The Kier molecular flexibility index (Phi) is 7.80. The molecule has 0 fully saturated rings. The molecule has 2 aromatic carbocycles. The zero-order valence-corrected chi connectivity index (χ0v) is 19.0. The molecular formula is C23H23F3N4O2S. The van der Waals surface area contributed by atoms with Crippen molar-refractivity contribution in [3.63, 3.8) is 0 Å². The molecule has 1 amide bonds. The summed E-state index contributed by atoms with van der Waals surface area (Å²) in [5.41, 5.74) is 1.26. The van der Waals surface area contributed by atoms with E-state index < -0.39 is 17.6 Å². The van der Waals surface area contributed by atoms with Crippen LogP contribution >= 0.6 is 11.8 Å². The average molecular weight is 477 g/mol. The van der Waals surface area contributed by atoms with Gasteiger partial charge in [0.1, 0.15) is 12.4 Å². The highest BCUT2D eigenvalue weighted by atomic mass is 32.2. The van der Waals surface area contributed by atoms with Gasteiger partial charge in [0.25, 0.3) is 0 Å². The molecule has 10 heteroatoms. The molecule has 0 aliphatic carbocycles. The monoisotopic (exact) mass is 476 g/mol. The quantitative estimate of drug-likeness (QED) is 0.330. The summed E-state index contributed by atoms with van der Waals surface area (Å²) >= 11 is 1.12. The second-order valence-corrected chi connectivity index (χ2v) is 8.17. The fourth-order valence-corrected chi connectivity index (χ4v) is 3.88. The minimum Gasteiger partial charge on any atom is -0.485 e. The summed E-state index contributed by atoms with van der Waals surface area (Å²) in [5.74, 6) is 0.836. The molecule has 0 radical (unpaired) electrons. The molecule has 174 valence electrons. The summed E-state index contributed by atoms with van der Waals surface area (Å²) in [6.07, 6.45) is -2.80. The maximum absolute atomic E-state index is 12.9. The Bertz CT molecular complexity index is 1120. The number of thioether (sulfide) groups is 1. The molecule has 0 aliphatic rings. The van der Waals surface area contributed by atoms with Crippen LogP contribution in [0.2, 0.25) is 0 Å². The van der Waals surface area contributed by atoms with Crippen molar-refractivity contribution >= 4 is 23.4 Å². The van der Waals surface area contributed by atoms with Crippen molar-refractivity contribution in [1.29, 1.82) is 0 Å². The van der Waals surface area contributed by atoms with E-state index >= 15 is 0 Å². The number of hydrogen-bond donors (Lipinski definition) is 1. The number of halogens is 3. The number of carbonyl (C=O) groups is 1. The molecule has 0 bridgehead atoms. The Balaban J connectivity index is 1.65. The molecule has 0 saturated heterocycles. The van der Waals surface area contributed by atoms with Crippen LogP contribution in [0.25, 0.3) is 0 Å². The Morgan fingerprint density at radius 3 is 2.55 bits per heavy atom. The topological polar surface area (TPSA) is 69.0 Å². The minimum atomic E-state index is -4.48. The number of amides is 1. The van der Waals surface area contributed by atoms with Gasteiger partial charge in [-0.25, -0.2) is 0 Å². The molecule has 33 heavy (non-hydrogen) atoms. The van der Waals surface area contributed by atoms with E-state index in [9.17, 15) is 18.0 Å². The molecule has 1 N–H and O–H groups in total. The lowest BCUT2D eigenvalue weighted by atomic mass is 10.1. The van der Waals surface area contributed by atoms with E-state index in [0.29, 0.717) is 17.5 Å².